The quantitative estimate of drug-likeness (QED) is 0.442. The van der Waals surface area contributed by atoms with Crippen LogP contribution in [0.4, 0.5) is 0 Å². The molecule has 0 saturated heterocycles. The van der Waals surface area contributed by atoms with Gasteiger partial charge in [-0.3, -0.25) is 4.79 Å². The molecule has 0 amide bonds. The second kappa shape index (κ2) is 5.23. The third-order valence-electron chi connectivity index (χ3n) is 0.462. The van der Waals surface area contributed by atoms with Crippen LogP contribution in [-0.2, 0) is 4.79 Å². The minimum absolute atomic E-state index is 0.258. The van der Waals surface area contributed by atoms with E-state index in [1.54, 1.807) is 6.29 Å². The van der Waals surface area contributed by atoms with Gasteiger partial charge >= 0.3 is 0 Å². The summed E-state index contributed by atoms with van der Waals surface area (Å²) in [4.78, 5) is 9.45. The molecule has 37 valence electrons. The average Bonchev–Trinajstić information content (AvgIpc) is 1.69. The molecule has 1 heteroatoms. The molecule has 0 aliphatic rings. The maximum absolute atomic E-state index is 9.45. The molecule has 0 aliphatic carbocycles. The minimum atomic E-state index is 0.258. The van der Waals surface area contributed by atoms with Gasteiger partial charge in [0.15, 0.2) is 0 Å². The molecule has 0 unspecified atom stereocenters. The summed E-state index contributed by atoms with van der Waals surface area (Å²) in [7, 11) is 0. The van der Waals surface area contributed by atoms with Crippen molar-refractivity contribution < 1.29 is 4.79 Å². The van der Waals surface area contributed by atoms with Crippen molar-refractivity contribution in [2.75, 3.05) is 0 Å². The average molecular weight is 95.1 g/mol. The van der Waals surface area contributed by atoms with Crippen LogP contribution in [0.2, 0.25) is 0 Å². The summed E-state index contributed by atoms with van der Waals surface area (Å²) in [6.45, 7) is 1.94. The van der Waals surface area contributed by atoms with E-state index in [1.807, 2.05) is 6.92 Å². The normalized spacial score (nSPS) is 6.43. The summed E-state index contributed by atoms with van der Waals surface area (Å²) >= 11 is 0. The zero-order chi connectivity index (χ0) is 5.54. The number of rotatable bonds is 1. The van der Waals surface area contributed by atoms with Crippen molar-refractivity contribution in [2.45, 2.75) is 19.8 Å². The van der Waals surface area contributed by atoms with Gasteiger partial charge in [0, 0.05) is 6.42 Å². The number of hydrogen-bond donors (Lipinski definition) is 0. The molecule has 0 fully saturated rings. The highest BCUT2D eigenvalue weighted by Gasteiger charge is 1.66. The van der Waals surface area contributed by atoms with Crippen LogP contribution in [0.1, 0.15) is 19.8 Å². The summed E-state index contributed by atoms with van der Waals surface area (Å²) in [6.07, 6.45) is 2.76. The van der Waals surface area contributed by atoms with E-state index in [-0.39, 0.29) is 6.42 Å². The first kappa shape index (κ1) is 6.23. The molecular weight excluding hydrogens is 88.1 g/mol. The standard InChI is InChI=1S/C6H7O/c1-2-3-4-5-6-7/h2,5H2,1H3. The van der Waals surface area contributed by atoms with Gasteiger partial charge in [0.05, 0.1) is 6.42 Å². The smallest absolute Gasteiger partial charge is 0.211 e. The van der Waals surface area contributed by atoms with E-state index in [2.05, 4.69) is 11.8 Å². The lowest BCUT2D eigenvalue weighted by atomic mass is 10.4. The van der Waals surface area contributed by atoms with Crippen LogP contribution in [-0.4, -0.2) is 6.29 Å². The van der Waals surface area contributed by atoms with Gasteiger partial charge in [-0.25, -0.2) is 0 Å². The Morgan fingerprint density at radius 3 is 2.57 bits per heavy atom. The predicted octanol–water partition coefficient (Wildman–Crippen LogP) is 0.900. The molecular formula is C6H7O. The maximum atomic E-state index is 9.45. The van der Waals surface area contributed by atoms with Crippen molar-refractivity contribution in [2.24, 2.45) is 0 Å². The third kappa shape index (κ3) is 5.23. The van der Waals surface area contributed by atoms with Crippen LogP contribution in [0.25, 0.3) is 0 Å². The highest BCUT2D eigenvalue weighted by molar-refractivity contribution is 5.54. The molecule has 0 rings (SSSR count). The third-order valence-corrected chi connectivity index (χ3v) is 0.462. The molecule has 0 N–H and O–H groups in total. The fourth-order valence-electron chi connectivity index (χ4n) is 0.224. The van der Waals surface area contributed by atoms with Gasteiger partial charge in [0.1, 0.15) is 0 Å². The Balaban J connectivity index is 3.06. The van der Waals surface area contributed by atoms with Crippen LogP contribution in [0.15, 0.2) is 0 Å². The highest BCUT2D eigenvalue weighted by atomic mass is 16.1. The maximum Gasteiger partial charge on any atom is 0.211 e. The van der Waals surface area contributed by atoms with Gasteiger partial charge in [-0.1, -0.05) is 12.8 Å². The Morgan fingerprint density at radius 2 is 2.14 bits per heavy atom. The van der Waals surface area contributed by atoms with Crippen LogP contribution in [0, 0.1) is 11.8 Å². The van der Waals surface area contributed by atoms with E-state index in [1.165, 1.54) is 0 Å². The Labute approximate surface area is 43.7 Å². The Bertz CT molecular complexity index is 94.5. The molecule has 0 spiro atoms. The fraction of sp³-hybridized carbons (Fsp3) is 0.500. The molecule has 0 bridgehead atoms. The van der Waals surface area contributed by atoms with Gasteiger partial charge in [0.25, 0.3) is 0 Å². The second-order valence-electron chi connectivity index (χ2n) is 1.03. The SMILES string of the molecule is CCC#CC[C]=O. The van der Waals surface area contributed by atoms with Gasteiger partial charge in [-0.15, -0.1) is 5.92 Å². The van der Waals surface area contributed by atoms with Crippen molar-refractivity contribution in [3.8, 4) is 11.8 Å². The summed E-state index contributed by atoms with van der Waals surface area (Å²) in [5.74, 6) is 5.35. The highest BCUT2D eigenvalue weighted by Crippen LogP contribution is 1.68. The number of carbonyl (C=O) groups excluding carboxylic acids is 1. The van der Waals surface area contributed by atoms with Crippen molar-refractivity contribution in [1.29, 1.82) is 0 Å². The molecule has 0 aromatic carbocycles. The van der Waals surface area contributed by atoms with E-state index in [4.69, 9.17) is 0 Å². The summed E-state index contributed by atoms with van der Waals surface area (Å²) < 4.78 is 0. The van der Waals surface area contributed by atoms with E-state index in [9.17, 15) is 4.79 Å². The molecule has 7 heavy (non-hydrogen) atoms. The Kier molecular flexibility index (Phi) is 4.65. The molecule has 0 atom stereocenters. The van der Waals surface area contributed by atoms with Crippen molar-refractivity contribution in [3.05, 3.63) is 0 Å². The van der Waals surface area contributed by atoms with Gasteiger partial charge in [-0.2, -0.15) is 0 Å². The molecule has 0 aromatic rings. The predicted molar refractivity (Wildman–Crippen MR) is 28.4 cm³/mol. The second-order valence-corrected chi connectivity index (χ2v) is 1.03. The molecule has 0 aromatic heterocycles. The van der Waals surface area contributed by atoms with Crippen LogP contribution < -0.4 is 0 Å². The van der Waals surface area contributed by atoms with Crippen LogP contribution >= 0.6 is 0 Å². The minimum Gasteiger partial charge on any atom is -0.290 e. The first-order valence-electron chi connectivity index (χ1n) is 2.22. The van der Waals surface area contributed by atoms with Gasteiger partial charge in [-0.05, 0) is 0 Å². The number of hydrogen-bond acceptors (Lipinski definition) is 1. The fourth-order valence-corrected chi connectivity index (χ4v) is 0.224. The molecule has 0 heterocycles. The van der Waals surface area contributed by atoms with E-state index >= 15 is 0 Å². The zero-order valence-electron chi connectivity index (χ0n) is 4.32. The molecule has 0 aliphatic heterocycles. The molecule has 0 saturated carbocycles. The topological polar surface area (TPSA) is 17.1 Å². The van der Waals surface area contributed by atoms with Crippen LogP contribution in [0.5, 0.6) is 0 Å². The molecule has 1 nitrogen and oxygen atoms in total. The lowest BCUT2D eigenvalue weighted by Crippen LogP contribution is -1.64. The van der Waals surface area contributed by atoms with Crippen LogP contribution in [0.3, 0.4) is 0 Å². The van der Waals surface area contributed by atoms with Gasteiger partial charge in [0.2, 0.25) is 6.29 Å². The lowest BCUT2D eigenvalue weighted by molar-refractivity contribution is 0.556. The van der Waals surface area contributed by atoms with Crippen molar-refractivity contribution in [3.63, 3.8) is 0 Å². The monoisotopic (exact) mass is 95.0 g/mol. The van der Waals surface area contributed by atoms with Crippen molar-refractivity contribution in [1.82, 2.24) is 0 Å². The van der Waals surface area contributed by atoms with Gasteiger partial charge < -0.3 is 0 Å². The largest absolute Gasteiger partial charge is 0.290 e. The lowest BCUT2D eigenvalue weighted by Gasteiger charge is -1.64. The molecule has 1 radical (unpaired) electrons. The summed E-state index contributed by atoms with van der Waals surface area (Å²) in [6, 6.07) is 0. The zero-order valence-corrected chi connectivity index (χ0v) is 4.32. The summed E-state index contributed by atoms with van der Waals surface area (Å²) in [5, 5.41) is 0. The van der Waals surface area contributed by atoms with E-state index in [0.29, 0.717) is 0 Å². The van der Waals surface area contributed by atoms with E-state index in [0.717, 1.165) is 6.42 Å². The summed E-state index contributed by atoms with van der Waals surface area (Å²) in [5.41, 5.74) is 0. The Morgan fingerprint density at radius 1 is 1.43 bits per heavy atom. The first-order valence-corrected chi connectivity index (χ1v) is 2.22. The van der Waals surface area contributed by atoms with E-state index < -0.39 is 0 Å². The Hall–Kier alpha value is -0.770. The first-order chi connectivity index (χ1) is 3.41. The van der Waals surface area contributed by atoms with Crippen molar-refractivity contribution >= 4 is 6.29 Å².